The van der Waals surface area contributed by atoms with Gasteiger partial charge in [-0.15, -0.1) is 0 Å². The molecule has 0 aromatic heterocycles. The van der Waals surface area contributed by atoms with Gasteiger partial charge in [0.15, 0.2) is 0 Å². The van der Waals surface area contributed by atoms with Gasteiger partial charge in [0.2, 0.25) is 5.91 Å². The number of hydrogen-bond donors (Lipinski definition) is 3. The third-order valence-corrected chi connectivity index (χ3v) is 8.06. The minimum absolute atomic E-state index is 0.0563. The Morgan fingerprint density at radius 2 is 1.56 bits per heavy atom. The van der Waals surface area contributed by atoms with E-state index in [1.54, 1.807) is 36.4 Å². The lowest BCUT2D eigenvalue weighted by atomic mass is 9.91. The third-order valence-electron chi connectivity index (χ3n) is 7.83. The van der Waals surface area contributed by atoms with Crippen LogP contribution in [0.2, 0.25) is 5.02 Å². The predicted molar refractivity (Wildman–Crippen MR) is 162 cm³/mol. The van der Waals surface area contributed by atoms with Crippen LogP contribution in [0, 0.1) is 0 Å². The number of carbonyl (C=O) groups excluding carboxylic acids is 3. The molecular weight excluding hydrogens is 538 g/mol. The molecule has 2 aliphatic rings. The molecule has 214 valence electrons. The molecule has 0 unspecified atom stereocenters. The van der Waals surface area contributed by atoms with Gasteiger partial charge in [0, 0.05) is 54.4 Å². The van der Waals surface area contributed by atoms with Crippen LogP contribution in [0.15, 0.2) is 72.8 Å². The van der Waals surface area contributed by atoms with Crippen LogP contribution in [0.1, 0.15) is 52.0 Å². The molecule has 0 spiro atoms. The quantitative estimate of drug-likeness (QED) is 0.386. The van der Waals surface area contributed by atoms with Gasteiger partial charge in [-0.1, -0.05) is 48.0 Å². The molecule has 5 rings (SSSR count). The number of rotatable bonds is 7. The van der Waals surface area contributed by atoms with E-state index in [0.717, 1.165) is 36.9 Å². The van der Waals surface area contributed by atoms with Crippen molar-refractivity contribution in [3.8, 4) is 0 Å². The first-order valence-corrected chi connectivity index (χ1v) is 14.6. The molecule has 0 radical (unpaired) electrons. The fraction of sp³-hybridized carbons (Fsp3) is 0.344. The van der Waals surface area contributed by atoms with Gasteiger partial charge in [-0.3, -0.25) is 14.4 Å². The smallest absolute Gasteiger partial charge is 0.254 e. The van der Waals surface area contributed by atoms with Crippen LogP contribution in [-0.2, 0) is 11.2 Å². The first-order valence-electron chi connectivity index (χ1n) is 14.2. The monoisotopic (exact) mass is 573 g/mol. The van der Waals surface area contributed by atoms with Crippen molar-refractivity contribution in [3.05, 3.63) is 94.5 Å². The normalized spacial score (nSPS) is 19.0. The molecule has 2 fully saturated rings. The van der Waals surface area contributed by atoms with Crippen LogP contribution in [0.4, 0.5) is 11.4 Å². The zero-order valence-corrected chi connectivity index (χ0v) is 23.8. The van der Waals surface area contributed by atoms with E-state index in [9.17, 15) is 14.4 Å². The standard InChI is InChI=1S/C32H36ClN5O3/c33-25-8-4-7-24(20-25)32(41)38-17-15-37(16-18-38)29-14-9-23(31(40)35-27-12-10-26(34)11-13-27)21-28(29)36-30(39)19-22-5-2-1-3-6-22/h1-9,14,20-21,26-27H,10-13,15-19,34H2,(H,35,40)(H,36,39). The number of nitrogens with zero attached hydrogens (tertiary/aromatic N) is 2. The van der Waals surface area contributed by atoms with E-state index in [4.69, 9.17) is 17.3 Å². The lowest BCUT2D eigenvalue weighted by molar-refractivity contribution is -0.115. The predicted octanol–water partition coefficient (Wildman–Crippen LogP) is 4.48. The average Bonchev–Trinajstić information content (AvgIpc) is 2.98. The summed E-state index contributed by atoms with van der Waals surface area (Å²) in [5.74, 6) is -0.377. The van der Waals surface area contributed by atoms with Crippen molar-refractivity contribution in [1.29, 1.82) is 0 Å². The number of amides is 3. The molecule has 8 nitrogen and oxygen atoms in total. The Morgan fingerprint density at radius 1 is 0.829 bits per heavy atom. The topological polar surface area (TPSA) is 108 Å². The number of nitrogens with two attached hydrogens (primary N) is 1. The van der Waals surface area contributed by atoms with Crippen molar-refractivity contribution < 1.29 is 14.4 Å². The minimum atomic E-state index is -0.161. The number of benzene rings is 3. The summed E-state index contributed by atoms with van der Waals surface area (Å²) in [6.45, 7) is 2.22. The van der Waals surface area contributed by atoms with Gasteiger partial charge in [0.1, 0.15) is 0 Å². The maximum atomic E-state index is 13.2. The summed E-state index contributed by atoms with van der Waals surface area (Å²) in [5, 5.41) is 6.72. The number of anilines is 2. The third kappa shape index (κ3) is 7.45. The Balaban J connectivity index is 1.31. The zero-order valence-electron chi connectivity index (χ0n) is 23.0. The Hall–Kier alpha value is -3.88. The maximum Gasteiger partial charge on any atom is 0.254 e. The van der Waals surface area contributed by atoms with Crippen LogP contribution in [0.3, 0.4) is 0 Å². The zero-order chi connectivity index (χ0) is 28.8. The van der Waals surface area contributed by atoms with E-state index in [1.807, 2.05) is 41.3 Å². The highest BCUT2D eigenvalue weighted by Crippen LogP contribution is 2.29. The summed E-state index contributed by atoms with van der Waals surface area (Å²) in [7, 11) is 0. The molecule has 1 aliphatic carbocycles. The van der Waals surface area contributed by atoms with Crippen LogP contribution in [0.25, 0.3) is 0 Å². The molecule has 1 aliphatic heterocycles. The summed E-state index contributed by atoms with van der Waals surface area (Å²) in [4.78, 5) is 43.2. The molecule has 3 amide bonds. The minimum Gasteiger partial charge on any atom is -0.366 e. The van der Waals surface area contributed by atoms with Crippen molar-refractivity contribution in [3.63, 3.8) is 0 Å². The lowest BCUT2D eigenvalue weighted by Crippen LogP contribution is -2.49. The highest BCUT2D eigenvalue weighted by atomic mass is 35.5. The second kappa shape index (κ2) is 13.2. The molecule has 1 saturated carbocycles. The maximum absolute atomic E-state index is 13.2. The number of nitrogens with one attached hydrogen (secondary N) is 2. The SMILES string of the molecule is NC1CCC(NC(=O)c2ccc(N3CCN(C(=O)c4cccc(Cl)c4)CC3)c(NC(=O)Cc3ccccc3)c2)CC1. The van der Waals surface area contributed by atoms with E-state index in [-0.39, 0.29) is 36.2 Å². The Kier molecular flexibility index (Phi) is 9.21. The summed E-state index contributed by atoms with van der Waals surface area (Å²) in [6, 6.07) is 22.3. The molecule has 41 heavy (non-hydrogen) atoms. The second-order valence-corrected chi connectivity index (χ2v) is 11.3. The van der Waals surface area contributed by atoms with Crippen molar-refractivity contribution in [2.45, 2.75) is 44.2 Å². The molecule has 0 bridgehead atoms. The first-order chi connectivity index (χ1) is 19.9. The van der Waals surface area contributed by atoms with Gasteiger partial charge in [0.05, 0.1) is 17.8 Å². The number of halogens is 1. The average molecular weight is 574 g/mol. The summed E-state index contributed by atoms with van der Waals surface area (Å²) < 4.78 is 0. The molecule has 3 aromatic rings. The molecule has 1 heterocycles. The summed E-state index contributed by atoms with van der Waals surface area (Å²) in [5.41, 5.74) is 9.39. The van der Waals surface area contributed by atoms with E-state index >= 15 is 0 Å². The summed E-state index contributed by atoms with van der Waals surface area (Å²) in [6.07, 6.45) is 3.75. The van der Waals surface area contributed by atoms with Crippen LogP contribution in [-0.4, -0.2) is 60.9 Å². The highest BCUT2D eigenvalue weighted by molar-refractivity contribution is 6.31. The van der Waals surface area contributed by atoms with Crippen molar-refractivity contribution in [1.82, 2.24) is 10.2 Å². The Bertz CT molecular complexity index is 1380. The van der Waals surface area contributed by atoms with Gasteiger partial charge < -0.3 is 26.2 Å². The first kappa shape index (κ1) is 28.6. The fourth-order valence-electron chi connectivity index (χ4n) is 5.52. The molecule has 3 aromatic carbocycles. The summed E-state index contributed by atoms with van der Waals surface area (Å²) >= 11 is 6.09. The van der Waals surface area contributed by atoms with Crippen molar-refractivity contribution in [2.24, 2.45) is 5.73 Å². The molecule has 9 heteroatoms. The van der Waals surface area contributed by atoms with Gasteiger partial charge in [-0.05, 0) is 67.6 Å². The van der Waals surface area contributed by atoms with Gasteiger partial charge in [-0.2, -0.15) is 0 Å². The number of piperazine rings is 1. The van der Waals surface area contributed by atoms with Crippen molar-refractivity contribution in [2.75, 3.05) is 36.4 Å². The number of hydrogen-bond acceptors (Lipinski definition) is 5. The molecular formula is C32H36ClN5O3. The molecule has 0 atom stereocenters. The van der Waals surface area contributed by atoms with Crippen LogP contribution >= 0.6 is 11.6 Å². The largest absolute Gasteiger partial charge is 0.366 e. The van der Waals surface area contributed by atoms with E-state index in [1.165, 1.54) is 0 Å². The fourth-order valence-corrected chi connectivity index (χ4v) is 5.71. The Morgan fingerprint density at radius 3 is 2.27 bits per heavy atom. The van der Waals surface area contributed by atoms with Gasteiger partial charge in [0.25, 0.3) is 11.8 Å². The van der Waals surface area contributed by atoms with Gasteiger partial charge >= 0.3 is 0 Å². The van der Waals surface area contributed by atoms with E-state index in [2.05, 4.69) is 15.5 Å². The number of carbonyl (C=O) groups is 3. The van der Waals surface area contributed by atoms with Crippen molar-refractivity contribution >= 4 is 40.7 Å². The van der Waals surface area contributed by atoms with Crippen LogP contribution < -0.4 is 21.3 Å². The van der Waals surface area contributed by atoms with E-state index in [0.29, 0.717) is 48.0 Å². The Labute approximate surface area is 245 Å². The molecule has 1 saturated heterocycles. The van der Waals surface area contributed by atoms with Crippen LogP contribution in [0.5, 0.6) is 0 Å². The van der Waals surface area contributed by atoms with Gasteiger partial charge in [-0.25, -0.2) is 0 Å². The van der Waals surface area contributed by atoms with E-state index < -0.39 is 0 Å². The highest BCUT2D eigenvalue weighted by Gasteiger charge is 2.26. The second-order valence-electron chi connectivity index (χ2n) is 10.8. The lowest BCUT2D eigenvalue weighted by Gasteiger charge is -2.37. The molecule has 4 N–H and O–H groups in total.